The first kappa shape index (κ1) is 12.0. The van der Waals surface area contributed by atoms with Gasteiger partial charge in [0.25, 0.3) is 0 Å². The molecule has 0 saturated heterocycles. The molecular weight excluding hydrogens is 336 g/mol. The first-order valence-corrected chi connectivity index (χ1v) is 6.94. The minimum Gasteiger partial charge on any atom is -0.486 e. The van der Waals surface area contributed by atoms with Crippen LogP contribution >= 0.6 is 31.9 Å². The van der Waals surface area contributed by atoms with Gasteiger partial charge in [0, 0.05) is 5.33 Å². The topological polar surface area (TPSA) is 18.5 Å². The highest BCUT2D eigenvalue weighted by atomic mass is 79.9. The van der Waals surface area contributed by atoms with Crippen LogP contribution < -0.4 is 9.47 Å². The van der Waals surface area contributed by atoms with Gasteiger partial charge in [-0.3, -0.25) is 0 Å². The van der Waals surface area contributed by atoms with Gasteiger partial charge in [0.2, 0.25) is 0 Å². The van der Waals surface area contributed by atoms with Gasteiger partial charge < -0.3 is 9.47 Å². The van der Waals surface area contributed by atoms with E-state index >= 15 is 0 Å². The van der Waals surface area contributed by atoms with E-state index in [1.807, 2.05) is 12.1 Å². The molecule has 0 spiro atoms. The van der Waals surface area contributed by atoms with E-state index < -0.39 is 0 Å². The molecule has 1 aromatic rings. The Kier molecular flexibility index (Phi) is 3.92. The zero-order valence-electron chi connectivity index (χ0n) is 8.93. The van der Waals surface area contributed by atoms with E-state index in [1.54, 1.807) is 0 Å². The third-order valence-corrected chi connectivity index (χ3v) is 3.72. The van der Waals surface area contributed by atoms with E-state index in [0.29, 0.717) is 13.2 Å². The molecule has 4 heteroatoms. The van der Waals surface area contributed by atoms with E-state index in [0.717, 1.165) is 26.9 Å². The average molecular weight is 348 g/mol. The Morgan fingerprint density at radius 1 is 1.38 bits per heavy atom. The maximum Gasteiger partial charge on any atom is 0.175 e. The Hall–Kier alpha value is -0.480. The SMILES string of the molecule is CC(=Cc1cc(Br)c2c(c1)OCCO2)CBr. The lowest BCUT2D eigenvalue weighted by atomic mass is 10.1. The Labute approximate surface area is 112 Å². The smallest absolute Gasteiger partial charge is 0.175 e. The van der Waals surface area contributed by atoms with Gasteiger partial charge in [-0.2, -0.15) is 0 Å². The molecule has 0 saturated carbocycles. The summed E-state index contributed by atoms with van der Waals surface area (Å²) in [5.41, 5.74) is 2.39. The molecule has 0 bridgehead atoms. The van der Waals surface area contributed by atoms with Gasteiger partial charge in [-0.05, 0) is 40.5 Å². The van der Waals surface area contributed by atoms with E-state index in [2.05, 4.69) is 44.9 Å². The lowest BCUT2D eigenvalue weighted by Crippen LogP contribution is -2.15. The van der Waals surface area contributed by atoms with Crippen molar-refractivity contribution in [1.29, 1.82) is 0 Å². The highest BCUT2D eigenvalue weighted by Gasteiger charge is 2.15. The van der Waals surface area contributed by atoms with E-state index in [-0.39, 0.29) is 0 Å². The number of alkyl halides is 1. The number of hydrogen-bond donors (Lipinski definition) is 0. The maximum atomic E-state index is 5.56. The number of benzene rings is 1. The summed E-state index contributed by atoms with van der Waals surface area (Å²) in [4.78, 5) is 0. The van der Waals surface area contributed by atoms with Gasteiger partial charge in [-0.25, -0.2) is 0 Å². The lowest BCUT2D eigenvalue weighted by Gasteiger charge is -2.20. The molecule has 0 unspecified atom stereocenters. The second-order valence-electron chi connectivity index (χ2n) is 3.65. The molecule has 2 rings (SSSR count). The van der Waals surface area contributed by atoms with Gasteiger partial charge in [0.05, 0.1) is 4.47 Å². The Morgan fingerprint density at radius 3 is 2.88 bits per heavy atom. The Morgan fingerprint density at radius 2 is 2.12 bits per heavy atom. The van der Waals surface area contributed by atoms with Crippen LogP contribution in [0.15, 0.2) is 22.2 Å². The van der Waals surface area contributed by atoms with Crippen LogP contribution in [0.25, 0.3) is 6.08 Å². The number of halogens is 2. The summed E-state index contributed by atoms with van der Waals surface area (Å²) < 4.78 is 12.0. The highest BCUT2D eigenvalue weighted by Crippen LogP contribution is 2.38. The quantitative estimate of drug-likeness (QED) is 0.752. The Bertz CT molecular complexity index is 427. The fraction of sp³-hybridized carbons (Fsp3) is 0.333. The van der Waals surface area contributed by atoms with Crippen molar-refractivity contribution in [2.45, 2.75) is 6.92 Å². The molecule has 0 atom stereocenters. The molecule has 0 fully saturated rings. The van der Waals surface area contributed by atoms with Crippen LogP contribution in [0.4, 0.5) is 0 Å². The van der Waals surface area contributed by atoms with Gasteiger partial charge in [0.1, 0.15) is 13.2 Å². The van der Waals surface area contributed by atoms with Crippen LogP contribution in [0.1, 0.15) is 12.5 Å². The molecule has 0 aromatic heterocycles. The zero-order chi connectivity index (χ0) is 11.5. The number of rotatable bonds is 2. The summed E-state index contributed by atoms with van der Waals surface area (Å²) in [5.74, 6) is 1.62. The minimum atomic E-state index is 0.612. The third kappa shape index (κ3) is 2.61. The molecule has 0 N–H and O–H groups in total. The number of allylic oxidation sites excluding steroid dienone is 1. The van der Waals surface area contributed by atoms with Gasteiger partial charge in [-0.15, -0.1) is 0 Å². The summed E-state index contributed by atoms with van der Waals surface area (Å²) in [6.45, 7) is 3.31. The molecule has 0 amide bonds. The molecular formula is C12H12Br2O2. The summed E-state index contributed by atoms with van der Waals surface area (Å²) in [7, 11) is 0. The average Bonchev–Trinajstić information content (AvgIpc) is 2.29. The maximum absolute atomic E-state index is 5.56. The van der Waals surface area contributed by atoms with Crippen LogP contribution in [0.5, 0.6) is 11.5 Å². The summed E-state index contributed by atoms with van der Waals surface area (Å²) in [6.07, 6.45) is 2.12. The van der Waals surface area contributed by atoms with Crippen LogP contribution in [-0.2, 0) is 0 Å². The van der Waals surface area contributed by atoms with Crippen LogP contribution in [0.2, 0.25) is 0 Å². The number of fused-ring (bicyclic) bond motifs is 1. The molecule has 0 radical (unpaired) electrons. The summed E-state index contributed by atoms with van der Waals surface area (Å²) >= 11 is 6.93. The molecule has 2 nitrogen and oxygen atoms in total. The van der Waals surface area contributed by atoms with Crippen molar-refractivity contribution in [1.82, 2.24) is 0 Å². The standard InChI is InChI=1S/C12H12Br2O2/c1-8(7-13)4-9-5-10(14)12-11(6-9)15-2-3-16-12/h4-6H,2-3,7H2,1H3. The second kappa shape index (κ2) is 5.23. The normalized spacial score (nSPS) is 15.1. The van der Waals surface area contributed by atoms with Crippen molar-refractivity contribution < 1.29 is 9.47 Å². The highest BCUT2D eigenvalue weighted by molar-refractivity contribution is 9.10. The van der Waals surface area contributed by atoms with Crippen LogP contribution in [0.3, 0.4) is 0 Å². The first-order valence-electron chi connectivity index (χ1n) is 5.03. The van der Waals surface area contributed by atoms with Gasteiger partial charge >= 0.3 is 0 Å². The van der Waals surface area contributed by atoms with Gasteiger partial charge in [0.15, 0.2) is 11.5 Å². The van der Waals surface area contributed by atoms with Crippen molar-refractivity contribution in [3.8, 4) is 11.5 Å². The molecule has 0 aliphatic carbocycles. The van der Waals surface area contributed by atoms with E-state index in [1.165, 1.54) is 5.57 Å². The van der Waals surface area contributed by atoms with E-state index in [4.69, 9.17) is 9.47 Å². The minimum absolute atomic E-state index is 0.612. The Balaban J connectivity index is 2.39. The predicted octanol–water partition coefficient (Wildman–Crippen LogP) is 4.02. The summed E-state index contributed by atoms with van der Waals surface area (Å²) in [6, 6.07) is 4.05. The predicted molar refractivity (Wildman–Crippen MR) is 72.6 cm³/mol. The molecule has 1 aliphatic rings. The fourth-order valence-electron chi connectivity index (χ4n) is 1.54. The number of hydrogen-bond acceptors (Lipinski definition) is 2. The third-order valence-electron chi connectivity index (χ3n) is 2.24. The molecule has 86 valence electrons. The van der Waals surface area contributed by atoms with Crippen molar-refractivity contribution in [2.75, 3.05) is 18.5 Å². The first-order chi connectivity index (χ1) is 7.70. The number of ether oxygens (including phenoxy) is 2. The van der Waals surface area contributed by atoms with Gasteiger partial charge in [-0.1, -0.05) is 27.6 Å². The zero-order valence-corrected chi connectivity index (χ0v) is 12.1. The second-order valence-corrected chi connectivity index (χ2v) is 5.07. The monoisotopic (exact) mass is 346 g/mol. The van der Waals surface area contributed by atoms with Crippen molar-refractivity contribution in [3.63, 3.8) is 0 Å². The summed E-state index contributed by atoms with van der Waals surface area (Å²) in [5, 5.41) is 0.874. The largest absolute Gasteiger partial charge is 0.486 e. The molecule has 1 aliphatic heterocycles. The molecule has 1 heterocycles. The van der Waals surface area contributed by atoms with Crippen molar-refractivity contribution in [3.05, 3.63) is 27.7 Å². The molecule has 1 aromatic carbocycles. The van der Waals surface area contributed by atoms with Crippen LogP contribution in [-0.4, -0.2) is 18.5 Å². The van der Waals surface area contributed by atoms with Crippen molar-refractivity contribution in [2.24, 2.45) is 0 Å². The fourth-order valence-corrected chi connectivity index (χ4v) is 2.27. The molecule has 16 heavy (non-hydrogen) atoms. The van der Waals surface area contributed by atoms with Crippen molar-refractivity contribution >= 4 is 37.9 Å². The van der Waals surface area contributed by atoms with E-state index in [9.17, 15) is 0 Å². The lowest BCUT2D eigenvalue weighted by molar-refractivity contribution is 0.170. The van der Waals surface area contributed by atoms with Crippen LogP contribution in [0, 0.1) is 0 Å².